The molecule has 4 heterocycles. The molecule has 2 aromatic carbocycles. The summed E-state index contributed by atoms with van der Waals surface area (Å²) in [5.74, 6) is -0.958. The summed E-state index contributed by atoms with van der Waals surface area (Å²) in [4.78, 5) is 52.3. The van der Waals surface area contributed by atoms with E-state index < -0.39 is 17.0 Å². The highest BCUT2D eigenvalue weighted by molar-refractivity contribution is 9.10. The number of anilines is 1. The van der Waals surface area contributed by atoms with E-state index in [1.165, 1.54) is 35.2 Å². The Hall–Kier alpha value is -4.62. The zero-order valence-corrected chi connectivity index (χ0v) is 27.1. The average Bonchev–Trinajstić information content (AvgIpc) is 3.09. The summed E-state index contributed by atoms with van der Waals surface area (Å²) in [7, 11) is 0. The quantitative estimate of drug-likeness (QED) is 0.291. The van der Waals surface area contributed by atoms with Crippen molar-refractivity contribution in [2.75, 3.05) is 31.9 Å². The Bertz CT molecular complexity index is 1810. The van der Waals surface area contributed by atoms with Crippen LogP contribution in [0.15, 0.2) is 88.7 Å². The van der Waals surface area contributed by atoms with Crippen molar-refractivity contribution in [3.63, 3.8) is 0 Å². The standard InChI is InChI=1S/C34H34BrFN6O5/c35-24-16-23(17-38-18-24)31(43)41-13-10-27(28(19-41)22-4-2-1-3-5-22)32(44)40-14-11-34(46,12-15-40)20-42-21-39-30(29(37)33(42)45)47-26-8-6-25(36)7-9-26/h1-9,16-18,21,27-28,46H,10-15,19-20,37H2/t27-,28+/m1/s1. The topological polar surface area (TPSA) is 144 Å². The number of amides is 2. The molecule has 2 aliphatic rings. The van der Waals surface area contributed by atoms with Crippen LogP contribution in [0.5, 0.6) is 11.6 Å². The molecule has 0 radical (unpaired) electrons. The number of nitrogens with zero attached hydrogens (tertiary/aromatic N) is 5. The van der Waals surface area contributed by atoms with Crippen LogP contribution in [0.3, 0.4) is 0 Å². The monoisotopic (exact) mass is 704 g/mol. The van der Waals surface area contributed by atoms with Gasteiger partial charge in [0.1, 0.15) is 17.9 Å². The first kappa shape index (κ1) is 32.3. The van der Waals surface area contributed by atoms with Crippen molar-refractivity contribution in [1.29, 1.82) is 0 Å². The Balaban J connectivity index is 1.11. The number of aliphatic hydroxyl groups is 1. The molecule has 2 atom stereocenters. The van der Waals surface area contributed by atoms with Crippen LogP contribution in [0, 0.1) is 11.7 Å². The van der Waals surface area contributed by atoms with Gasteiger partial charge in [-0.25, -0.2) is 9.37 Å². The number of likely N-dealkylation sites (tertiary alicyclic amines) is 2. The molecule has 6 rings (SSSR count). The maximum Gasteiger partial charge on any atom is 0.280 e. The van der Waals surface area contributed by atoms with Crippen molar-refractivity contribution in [2.24, 2.45) is 5.92 Å². The van der Waals surface area contributed by atoms with Gasteiger partial charge in [0.15, 0.2) is 5.69 Å². The smallest absolute Gasteiger partial charge is 0.280 e. The van der Waals surface area contributed by atoms with Crippen molar-refractivity contribution >= 4 is 33.4 Å². The van der Waals surface area contributed by atoms with E-state index in [0.29, 0.717) is 38.2 Å². The number of ether oxygens (including phenoxy) is 1. The van der Waals surface area contributed by atoms with E-state index in [0.717, 1.165) is 10.0 Å². The maximum atomic E-state index is 14.0. The van der Waals surface area contributed by atoms with Crippen molar-refractivity contribution in [1.82, 2.24) is 24.3 Å². The second-order valence-electron chi connectivity index (χ2n) is 12.1. The lowest BCUT2D eigenvalue weighted by Crippen LogP contribution is -2.53. The van der Waals surface area contributed by atoms with Crippen LogP contribution in [0.25, 0.3) is 0 Å². The summed E-state index contributed by atoms with van der Waals surface area (Å²) in [6.45, 7) is 1.38. The van der Waals surface area contributed by atoms with E-state index in [-0.39, 0.29) is 60.4 Å². The van der Waals surface area contributed by atoms with Crippen LogP contribution >= 0.6 is 15.9 Å². The lowest BCUT2D eigenvalue weighted by molar-refractivity contribution is -0.142. The SMILES string of the molecule is Nc1c(Oc2ccc(F)cc2)ncn(CC2(O)CCN(C(=O)[C@@H]3CCN(C(=O)c4cncc(Br)c4)C[C@H]3c3ccccc3)CC2)c1=O. The molecule has 0 spiro atoms. The Labute approximate surface area is 278 Å². The van der Waals surface area contributed by atoms with E-state index in [1.54, 1.807) is 28.3 Å². The number of pyridine rings is 1. The maximum absolute atomic E-state index is 14.0. The fourth-order valence-corrected chi connectivity index (χ4v) is 6.70. The number of piperidine rings is 2. The number of hydrogen-bond donors (Lipinski definition) is 2. The molecule has 13 heteroatoms. The van der Waals surface area contributed by atoms with Gasteiger partial charge >= 0.3 is 0 Å². The molecule has 4 aromatic rings. The van der Waals surface area contributed by atoms with Crippen molar-refractivity contribution in [3.05, 3.63) is 111 Å². The Morgan fingerprint density at radius 2 is 1.77 bits per heavy atom. The van der Waals surface area contributed by atoms with Crippen molar-refractivity contribution in [2.45, 2.75) is 37.3 Å². The zero-order chi connectivity index (χ0) is 33.1. The molecule has 244 valence electrons. The van der Waals surface area contributed by atoms with Gasteiger partial charge in [0, 0.05) is 54.9 Å². The molecular weight excluding hydrogens is 671 g/mol. The van der Waals surface area contributed by atoms with Crippen LogP contribution in [0.2, 0.25) is 0 Å². The third-order valence-corrected chi connectivity index (χ3v) is 9.37. The highest BCUT2D eigenvalue weighted by Crippen LogP contribution is 2.36. The molecule has 0 bridgehead atoms. The van der Waals surface area contributed by atoms with Gasteiger partial charge in [-0.1, -0.05) is 30.3 Å². The van der Waals surface area contributed by atoms with E-state index in [1.807, 2.05) is 30.3 Å². The third-order valence-electron chi connectivity index (χ3n) is 8.93. The van der Waals surface area contributed by atoms with Crippen LogP contribution in [0.1, 0.15) is 41.1 Å². The van der Waals surface area contributed by atoms with E-state index in [2.05, 4.69) is 25.9 Å². The number of rotatable bonds is 7. The fraction of sp³-hybridized carbons (Fsp3) is 0.324. The molecule has 3 N–H and O–H groups in total. The predicted octanol–water partition coefficient (Wildman–Crippen LogP) is 4.21. The molecule has 2 aliphatic heterocycles. The predicted molar refractivity (Wildman–Crippen MR) is 175 cm³/mol. The molecule has 2 fully saturated rings. The summed E-state index contributed by atoms with van der Waals surface area (Å²) in [5, 5.41) is 11.4. The normalized spacial score (nSPS) is 19.3. The lowest BCUT2D eigenvalue weighted by Gasteiger charge is -2.43. The third kappa shape index (κ3) is 7.20. The number of aromatic nitrogens is 3. The first-order valence-corrected chi connectivity index (χ1v) is 16.1. The minimum absolute atomic E-state index is 0.0116. The van der Waals surface area contributed by atoms with E-state index >= 15 is 0 Å². The first-order valence-electron chi connectivity index (χ1n) is 15.3. The molecule has 47 heavy (non-hydrogen) atoms. The lowest BCUT2D eigenvalue weighted by atomic mass is 9.79. The number of benzene rings is 2. The average molecular weight is 706 g/mol. The fourth-order valence-electron chi connectivity index (χ4n) is 6.33. The molecule has 2 amide bonds. The largest absolute Gasteiger partial charge is 0.437 e. The van der Waals surface area contributed by atoms with Gasteiger partial charge in [-0.15, -0.1) is 0 Å². The van der Waals surface area contributed by atoms with Crippen LogP contribution in [-0.4, -0.2) is 73.0 Å². The van der Waals surface area contributed by atoms with Gasteiger partial charge in [0.05, 0.1) is 17.7 Å². The molecule has 2 aromatic heterocycles. The van der Waals surface area contributed by atoms with E-state index in [9.17, 15) is 23.9 Å². The molecule has 0 saturated carbocycles. The van der Waals surface area contributed by atoms with Gasteiger partial charge in [-0.3, -0.25) is 23.9 Å². The van der Waals surface area contributed by atoms with Crippen LogP contribution in [0.4, 0.5) is 10.1 Å². The minimum atomic E-state index is -1.26. The summed E-state index contributed by atoms with van der Waals surface area (Å²) >= 11 is 3.38. The number of carbonyl (C=O) groups excluding carboxylic acids is 2. The molecule has 2 saturated heterocycles. The Kier molecular flexibility index (Phi) is 9.37. The van der Waals surface area contributed by atoms with Gasteiger partial charge < -0.3 is 25.4 Å². The van der Waals surface area contributed by atoms with Crippen LogP contribution in [-0.2, 0) is 11.3 Å². The Morgan fingerprint density at radius 1 is 1.04 bits per heavy atom. The molecule has 0 aliphatic carbocycles. The molecule has 0 unspecified atom stereocenters. The number of nitrogens with two attached hydrogens (primary N) is 1. The highest BCUT2D eigenvalue weighted by atomic mass is 79.9. The molecular formula is C34H34BrFN6O5. The van der Waals surface area contributed by atoms with Gasteiger partial charge in [-0.2, -0.15) is 0 Å². The summed E-state index contributed by atoms with van der Waals surface area (Å²) in [6.07, 6.45) is 5.44. The van der Waals surface area contributed by atoms with Crippen LogP contribution < -0.4 is 16.0 Å². The first-order chi connectivity index (χ1) is 22.6. The van der Waals surface area contributed by atoms with E-state index in [4.69, 9.17) is 10.5 Å². The number of halogens is 2. The Morgan fingerprint density at radius 3 is 2.47 bits per heavy atom. The van der Waals surface area contributed by atoms with Gasteiger partial charge in [0.25, 0.3) is 11.5 Å². The second-order valence-corrected chi connectivity index (χ2v) is 13.0. The number of hydrogen-bond acceptors (Lipinski definition) is 8. The minimum Gasteiger partial charge on any atom is -0.437 e. The summed E-state index contributed by atoms with van der Waals surface area (Å²) in [6, 6.07) is 16.7. The summed E-state index contributed by atoms with van der Waals surface area (Å²) in [5.41, 5.74) is 5.42. The number of nitrogen functional groups attached to an aromatic ring is 1. The van der Waals surface area contributed by atoms with Gasteiger partial charge in [0.2, 0.25) is 11.8 Å². The molecule has 11 nitrogen and oxygen atoms in total. The van der Waals surface area contributed by atoms with Crippen molar-refractivity contribution < 1.29 is 23.8 Å². The van der Waals surface area contributed by atoms with Crippen molar-refractivity contribution in [3.8, 4) is 11.6 Å². The zero-order valence-electron chi connectivity index (χ0n) is 25.5. The highest BCUT2D eigenvalue weighted by Gasteiger charge is 2.41. The second kappa shape index (κ2) is 13.6. The number of carbonyl (C=O) groups is 2. The van der Waals surface area contributed by atoms with Gasteiger partial charge in [-0.05, 0) is 71.1 Å². The summed E-state index contributed by atoms with van der Waals surface area (Å²) < 4.78 is 20.7.